The third-order valence-corrected chi connectivity index (χ3v) is 4.98. The molecule has 0 bridgehead atoms. The van der Waals surface area contributed by atoms with Crippen molar-refractivity contribution in [2.24, 2.45) is 4.99 Å². The summed E-state index contributed by atoms with van der Waals surface area (Å²) in [6.45, 7) is 5.44. The Morgan fingerprint density at radius 3 is 2.67 bits per heavy atom. The maximum absolute atomic E-state index is 8.95. The molecule has 0 unspecified atom stereocenters. The summed E-state index contributed by atoms with van der Waals surface area (Å²) in [6, 6.07) is 16.3. The van der Waals surface area contributed by atoms with E-state index >= 15 is 0 Å². The van der Waals surface area contributed by atoms with Gasteiger partial charge in [-0.15, -0.1) is 0 Å². The summed E-state index contributed by atoms with van der Waals surface area (Å²) in [5, 5.41) is 12.4. The molecule has 160 valence electrons. The monoisotopic (exact) mass is 409 g/mol. The minimum atomic E-state index is -0.0302. The van der Waals surface area contributed by atoms with Crippen molar-refractivity contribution in [2.75, 3.05) is 40.0 Å². The van der Waals surface area contributed by atoms with Crippen LogP contribution >= 0.6 is 0 Å². The molecule has 0 atom stereocenters. The number of aliphatic hydroxyl groups is 1. The van der Waals surface area contributed by atoms with Gasteiger partial charge in [-0.3, -0.25) is 0 Å². The van der Waals surface area contributed by atoms with Crippen molar-refractivity contribution in [3.8, 4) is 11.5 Å². The maximum Gasteiger partial charge on any atom is 0.194 e. The first kappa shape index (κ1) is 21.7. The van der Waals surface area contributed by atoms with Gasteiger partial charge >= 0.3 is 0 Å². The highest BCUT2D eigenvalue weighted by atomic mass is 16.5. The lowest BCUT2D eigenvalue weighted by molar-refractivity contribution is 0.196. The molecule has 1 aliphatic heterocycles. The zero-order valence-corrected chi connectivity index (χ0v) is 17.8. The van der Waals surface area contributed by atoms with Crippen molar-refractivity contribution in [3.05, 3.63) is 65.7 Å². The Bertz CT molecular complexity index is 865. The Morgan fingerprint density at radius 1 is 1.17 bits per heavy atom. The number of rotatable bonds is 8. The van der Waals surface area contributed by atoms with Crippen LogP contribution in [0, 0.1) is 0 Å². The van der Waals surface area contributed by atoms with Gasteiger partial charge in [0.25, 0.3) is 0 Å². The molecule has 2 aromatic carbocycles. The largest absolute Gasteiger partial charge is 0.493 e. The van der Waals surface area contributed by atoms with E-state index in [0.29, 0.717) is 18.0 Å². The summed E-state index contributed by atoms with van der Waals surface area (Å²) in [7, 11) is 1.61. The van der Waals surface area contributed by atoms with Crippen LogP contribution in [0.5, 0.6) is 11.5 Å². The second kappa shape index (κ2) is 11.3. The van der Waals surface area contributed by atoms with E-state index in [4.69, 9.17) is 19.6 Å². The Balaban J connectivity index is 1.68. The molecule has 30 heavy (non-hydrogen) atoms. The van der Waals surface area contributed by atoms with Crippen LogP contribution in [0.4, 0.5) is 0 Å². The minimum absolute atomic E-state index is 0.0302. The Kier molecular flexibility index (Phi) is 8.15. The minimum Gasteiger partial charge on any atom is -0.493 e. The number of hydrogen-bond acceptors (Lipinski definition) is 4. The third kappa shape index (κ3) is 5.76. The van der Waals surface area contributed by atoms with Gasteiger partial charge in [0.05, 0.1) is 20.3 Å². The molecule has 1 aliphatic rings. The van der Waals surface area contributed by atoms with Crippen LogP contribution in [0.2, 0.25) is 0 Å². The Labute approximate surface area is 178 Å². The molecule has 0 spiro atoms. The predicted molar refractivity (Wildman–Crippen MR) is 121 cm³/mol. The standard InChI is InChI=1S/C24H31N3O3/c1-3-25-24(27-13-11-21(12-14-27)20-7-5-4-6-8-20)26-18-19-9-10-22(30-16-15-28)23(17-19)29-2/h4-11,17,28H,3,12-16,18H2,1-2H3,(H,25,26). The van der Waals surface area contributed by atoms with Gasteiger partial charge in [-0.05, 0) is 42.2 Å². The molecule has 2 aromatic rings. The molecule has 0 saturated heterocycles. The SMILES string of the molecule is CCNC(=NCc1ccc(OCCO)c(OC)c1)N1CC=C(c2ccccc2)CC1. The number of benzene rings is 2. The number of aliphatic imine (C=N–C) groups is 1. The highest BCUT2D eigenvalue weighted by Gasteiger charge is 2.16. The second-order valence-electron chi connectivity index (χ2n) is 7.02. The summed E-state index contributed by atoms with van der Waals surface area (Å²) >= 11 is 0. The molecule has 0 aliphatic carbocycles. The molecule has 6 heteroatoms. The molecular formula is C24H31N3O3. The van der Waals surface area contributed by atoms with E-state index in [9.17, 15) is 0 Å². The topological polar surface area (TPSA) is 66.3 Å². The molecule has 0 saturated carbocycles. The van der Waals surface area contributed by atoms with E-state index in [1.165, 1.54) is 11.1 Å². The van der Waals surface area contributed by atoms with E-state index in [1.54, 1.807) is 7.11 Å². The van der Waals surface area contributed by atoms with Crippen LogP contribution in [0.1, 0.15) is 24.5 Å². The first-order chi connectivity index (χ1) is 14.7. The number of aliphatic hydroxyl groups excluding tert-OH is 1. The van der Waals surface area contributed by atoms with E-state index in [-0.39, 0.29) is 13.2 Å². The van der Waals surface area contributed by atoms with Gasteiger partial charge in [-0.25, -0.2) is 4.99 Å². The van der Waals surface area contributed by atoms with Crippen molar-refractivity contribution in [1.82, 2.24) is 10.2 Å². The van der Waals surface area contributed by atoms with E-state index in [2.05, 4.69) is 53.5 Å². The molecule has 6 nitrogen and oxygen atoms in total. The summed E-state index contributed by atoms with van der Waals surface area (Å²) in [4.78, 5) is 7.12. The van der Waals surface area contributed by atoms with Crippen molar-refractivity contribution in [2.45, 2.75) is 19.9 Å². The highest BCUT2D eigenvalue weighted by Crippen LogP contribution is 2.28. The fraction of sp³-hybridized carbons (Fsp3) is 0.375. The summed E-state index contributed by atoms with van der Waals surface area (Å²) in [6.07, 6.45) is 3.29. The number of nitrogens with zero attached hydrogens (tertiary/aromatic N) is 2. The highest BCUT2D eigenvalue weighted by molar-refractivity contribution is 5.81. The normalized spacial score (nSPS) is 14.3. The lowest BCUT2D eigenvalue weighted by Gasteiger charge is -2.30. The van der Waals surface area contributed by atoms with Gasteiger partial charge in [0.1, 0.15) is 6.61 Å². The first-order valence-corrected chi connectivity index (χ1v) is 10.4. The zero-order chi connectivity index (χ0) is 21.2. The van der Waals surface area contributed by atoms with Crippen LogP contribution in [0.15, 0.2) is 59.6 Å². The van der Waals surface area contributed by atoms with Gasteiger partial charge in [0.2, 0.25) is 0 Å². The Hall–Kier alpha value is -2.99. The van der Waals surface area contributed by atoms with Crippen LogP contribution in [0.3, 0.4) is 0 Å². The fourth-order valence-corrected chi connectivity index (χ4v) is 3.45. The Morgan fingerprint density at radius 2 is 2.00 bits per heavy atom. The van der Waals surface area contributed by atoms with Gasteiger partial charge in [0, 0.05) is 19.6 Å². The summed E-state index contributed by atoms with van der Waals surface area (Å²) in [5.41, 5.74) is 3.73. The van der Waals surface area contributed by atoms with Crippen LogP contribution < -0.4 is 14.8 Å². The van der Waals surface area contributed by atoms with E-state index in [0.717, 1.165) is 37.6 Å². The predicted octanol–water partition coefficient (Wildman–Crippen LogP) is 3.32. The quantitative estimate of drug-likeness (QED) is 0.517. The van der Waals surface area contributed by atoms with Crippen molar-refractivity contribution < 1.29 is 14.6 Å². The fourth-order valence-electron chi connectivity index (χ4n) is 3.45. The molecule has 3 rings (SSSR count). The smallest absolute Gasteiger partial charge is 0.194 e. The molecule has 0 aromatic heterocycles. The summed E-state index contributed by atoms with van der Waals surface area (Å²) < 4.78 is 10.9. The van der Waals surface area contributed by atoms with Gasteiger partial charge in [0.15, 0.2) is 17.5 Å². The number of hydrogen-bond donors (Lipinski definition) is 2. The second-order valence-corrected chi connectivity index (χ2v) is 7.02. The average Bonchev–Trinajstić information content (AvgIpc) is 2.81. The van der Waals surface area contributed by atoms with Crippen LogP contribution in [-0.2, 0) is 6.54 Å². The number of ether oxygens (including phenoxy) is 2. The van der Waals surface area contributed by atoms with Crippen molar-refractivity contribution in [1.29, 1.82) is 0 Å². The summed E-state index contributed by atoms with van der Waals surface area (Å²) in [5.74, 6) is 2.19. The van der Waals surface area contributed by atoms with Crippen molar-refractivity contribution in [3.63, 3.8) is 0 Å². The number of guanidine groups is 1. The zero-order valence-electron chi connectivity index (χ0n) is 17.8. The first-order valence-electron chi connectivity index (χ1n) is 10.4. The van der Waals surface area contributed by atoms with Gasteiger partial charge < -0.3 is 24.8 Å². The van der Waals surface area contributed by atoms with Crippen LogP contribution in [-0.4, -0.2) is 55.9 Å². The number of nitrogens with one attached hydrogen (secondary N) is 1. The van der Waals surface area contributed by atoms with Gasteiger partial charge in [-0.2, -0.15) is 0 Å². The molecule has 2 N–H and O–H groups in total. The third-order valence-electron chi connectivity index (χ3n) is 4.98. The average molecular weight is 410 g/mol. The molecule has 0 radical (unpaired) electrons. The van der Waals surface area contributed by atoms with E-state index in [1.807, 2.05) is 18.2 Å². The van der Waals surface area contributed by atoms with Gasteiger partial charge in [-0.1, -0.05) is 42.5 Å². The molecule has 1 heterocycles. The molecule has 0 amide bonds. The lowest BCUT2D eigenvalue weighted by atomic mass is 10.00. The number of methoxy groups -OCH3 is 1. The van der Waals surface area contributed by atoms with Crippen LogP contribution in [0.25, 0.3) is 5.57 Å². The molecular weight excluding hydrogens is 378 g/mol. The lowest BCUT2D eigenvalue weighted by Crippen LogP contribution is -2.43. The maximum atomic E-state index is 8.95. The molecule has 0 fully saturated rings. The van der Waals surface area contributed by atoms with E-state index < -0.39 is 0 Å². The van der Waals surface area contributed by atoms with Crippen molar-refractivity contribution >= 4 is 11.5 Å².